The molecule has 1 atom stereocenters. The molecular formula is C8H15N3. The van der Waals surface area contributed by atoms with E-state index in [1.165, 1.54) is 5.56 Å². The Balaban J connectivity index is 2.77. The highest BCUT2D eigenvalue weighted by Crippen LogP contribution is 2.05. The predicted octanol–water partition coefficient (Wildman–Crippen LogP) is 0.618. The molecule has 0 spiro atoms. The van der Waals surface area contributed by atoms with Gasteiger partial charge in [-0.3, -0.25) is 4.68 Å². The summed E-state index contributed by atoms with van der Waals surface area (Å²) < 4.78 is 1.83. The molecule has 0 radical (unpaired) electrons. The highest BCUT2D eigenvalue weighted by Gasteiger charge is 2.04. The summed E-state index contributed by atoms with van der Waals surface area (Å²) in [6.45, 7) is 4.05. The van der Waals surface area contributed by atoms with Gasteiger partial charge in [0.05, 0.1) is 5.69 Å². The summed E-state index contributed by atoms with van der Waals surface area (Å²) in [6.07, 6.45) is 2.88. The normalized spacial score (nSPS) is 13.5. The summed E-state index contributed by atoms with van der Waals surface area (Å²) in [4.78, 5) is 0. The minimum Gasteiger partial charge on any atom is -0.328 e. The summed E-state index contributed by atoms with van der Waals surface area (Å²) >= 11 is 0. The Kier molecular flexibility index (Phi) is 2.29. The van der Waals surface area contributed by atoms with E-state index in [1.807, 2.05) is 24.9 Å². The Labute approximate surface area is 67.2 Å². The zero-order chi connectivity index (χ0) is 8.43. The predicted molar refractivity (Wildman–Crippen MR) is 45.3 cm³/mol. The molecule has 0 fully saturated rings. The number of rotatable bonds is 2. The summed E-state index contributed by atoms with van der Waals surface area (Å²) in [5.74, 6) is 0. The lowest BCUT2D eigenvalue weighted by Gasteiger charge is -2.01. The van der Waals surface area contributed by atoms with Gasteiger partial charge in [-0.15, -0.1) is 0 Å². The molecule has 0 saturated heterocycles. The fourth-order valence-electron chi connectivity index (χ4n) is 1.16. The average Bonchev–Trinajstić information content (AvgIpc) is 2.09. The molecular weight excluding hydrogens is 138 g/mol. The van der Waals surface area contributed by atoms with Gasteiger partial charge in [-0.25, -0.2) is 0 Å². The van der Waals surface area contributed by atoms with Crippen molar-refractivity contribution in [3.05, 3.63) is 17.5 Å². The van der Waals surface area contributed by atoms with Crippen molar-refractivity contribution in [3.8, 4) is 0 Å². The smallest absolute Gasteiger partial charge is 0.0668 e. The molecule has 0 aliphatic carbocycles. The fraction of sp³-hybridized carbons (Fsp3) is 0.625. The van der Waals surface area contributed by atoms with E-state index >= 15 is 0 Å². The van der Waals surface area contributed by atoms with Crippen molar-refractivity contribution < 1.29 is 0 Å². The Morgan fingerprint density at radius 3 is 2.73 bits per heavy atom. The van der Waals surface area contributed by atoms with Crippen LogP contribution in [0.2, 0.25) is 0 Å². The maximum Gasteiger partial charge on any atom is 0.0668 e. The molecule has 11 heavy (non-hydrogen) atoms. The number of hydrogen-bond donors (Lipinski definition) is 1. The fourth-order valence-corrected chi connectivity index (χ4v) is 1.16. The van der Waals surface area contributed by atoms with E-state index in [2.05, 4.69) is 12.0 Å². The summed E-state index contributed by atoms with van der Waals surface area (Å²) in [7, 11) is 1.93. The number of nitrogens with two attached hydrogens (primary N) is 1. The standard InChI is InChI=1S/C8H15N3/c1-6-5-11(3)10-8(6)4-7(2)9/h5,7H,4,9H2,1-3H3/t7-/m1/s1. The maximum atomic E-state index is 5.65. The second kappa shape index (κ2) is 3.05. The molecule has 0 bridgehead atoms. The quantitative estimate of drug-likeness (QED) is 0.676. The van der Waals surface area contributed by atoms with Gasteiger partial charge < -0.3 is 5.73 Å². The first-order valence-corrected chi connectivity index (χ1v) is 3.84. The first-order chi connectivity index (χ1) is 5.09. The lowest BCUT2D eigenvalue weighted by molar-refractivity contribution is 0.684. The van der Waals surface area contributed by atoms with Gasteiger partial charge in [-0.1, -0.05) is 0 Å². The van der Waals surface area contributed by atoms with Crippen LogP contribution in [0.1, 0.15) is 18.2 Å². The molecule has 0 aromatic carbocycles. The summed E-state index contributed by atoms with van der Waals surface area (Å²) in [5, 5.41) is 4.29. The number of nitrogens with zero attached hydrogens (tertiary/aromatic N) is 2. The number of aryl methyl sites for hydroxylation is 2. The van der Waals surface area contributed by atoms with Crippen molar-refractivity contribution in [3.63, 3.8) is 0 Å². The van der Waals surface area contributed by atoms with Crippen molar-refractivity contribution >= 4 is 0 Å². The summed E-state index contributed by atoms with van der Waals surface area (Å²) in [6, 6.07) is 0.198. The monoisotopic (exact) mass is 153 g/mol. The highest BCUT2D eigenvalue weighted by molar-refractivity contribution is 5.15. The molecule has 1 rings (SSSR count). The molecule has 0 unspecified atom stereocenters. The van der Waals surface area contributed by atoms with E-state index in [4.69, 9.17) is 5.73 Å². The van der Waals surface area contributed by atoms with Crippen LogP contribution in [0.15, 0.2) is 6.20 Å². The molecule has 1 aromatic rings. The second-order valence-corrected chi connectivity index (χ2v) is 3.11. The van der Waals surface area contributed by atoms with E-state index in [9.17, 15) is 0 Å². The molecule has 3 nitrogen and oxygen atoms in total. The van der Waals surface area contributed by atoms with Gasteiger partial charge in [0, 0.05) is 25.7 Å². The first-order valence-electron chi connectivity index (χ1n) is 3.84. The van der Waals surface area contributed by atoms with Crippen molar-refractivity contribution in [2.45, 2.75) is 26.3 Å². The number of hydrogen-bond acceptors (Lipinski definition) is 2. The van der Waals surface area contributed by atoms with Crippen LogP contribution in [0, 0.1) is 6.92 Å². The Bertz CT molecular complexity index is 237. The Morgan fingerprint density at radius 1 is 1.73 bits per heavy atom. The van der Waals surface area contributed by atoms with Gasteiger partial charge >= 0.3 is 0 Å². The van der Waals surface area contributed by atoms with Gasteiger partial charge in [-0.05, 0) is 19.4 Å². The maximum absolute atomic E-state index is 5.65. The Hall–Kier alpha value is -0.830. The lowest BCUT2D eigenvalue weighted by Crippen LogP contribution is -2.18. The van der Waals surface area contributed by atoms with Crippen molar-refractivity contribution in [2.75, 3.05) is 0 Å². The van der Waals surface area contributed by atoms with Crippen LogP contribution in [-0.4, -0.2) is 15.8 Å². The van der Waals surface area contributed by atoms with Crippen LogP contribution < -0.4 is 5.73 Å². The Morgan fingerprint density at radius 2 is 2.36 bits per heavy atom. The van der Waals surface area contributed by atoms with Crippen LogP contribution in [0.3, 0.4) is 0 Å². The molecule has 3 heteroatoms. The van der Waals surface area contributed by atoms with Gasteiger partial charge in [0.2, 0.25) is 0 Å². The molecule has 1 heterocycles. The number of aromatic nitrogens is 2. The molecule has 2 N–H and O–H groups in total. The zero-order valence-corrected chi connectivity index (χ0v) is 7.33. The SMILES string of the molecule is Cc1cn(C)nc1C[C@@H](C)N. The van der Waals surface area contributed by atoms with Gasteiger partial charge in [-0.2, -0.15) is 5.10 Å². The third kappa shape index (κ3) is 2.05. The van der Waals surface area contributed by atoms with Gasteiger partial charge in [0.15, 0.2) is 0 Å². The van der Waals surface area contributed by atoms with Crippen LogP contribution in [0.5, 0.6) is 0 Å². The van der Waals surface area contributed by atoms with E-state index < -0.39 is 0 Å². The first kappa shape index (κ1) is 8.27. The molecule has 0 aliphatic heterocycles. The average molecular weight is 153 g/mol. The molecule has 0 saturated carbocycles. The molecule has 62 valence electrons. The molecule has 1 aromatic heterocycles. The third-order valence-corrected chi connectivity index (χ3v) is 1.63. The van der Waals surface area contributed by atoms with Crippen molar-refractivity contribution in [1.82, 2.24) is 9.78 Å². The molecule has 0 aliphatic rings. The van der Waals surface area contributed by atoms with Crippen LogP contribution in [0.25, 0.3) is 0 Å². The van der Waals surface area contributed by atoms with E-state index in [1.54, 1.807) is 0 Å². The minimum absolute atomic E-state index is 0.198. The molecule has 0 amide bonds. The minimum atomic E-state index is 0.198. The lowest BCUT2D eigenvalue weighted by atomic mass is 10.1. The van der Waals surface area contributed by atoms with E-state index in [0.717, 1.165) is 12.1 Å². The van der Waals surface area contributed by atoms with E-state index in [0.29, 0.717) is 0 Å². The van der Waals surface area contributed by atoms with Crippen LogP contribution in [0.4, 0.5) is 0 Å². The van der Waals surface area contributed by atoms with Gasteiger partial charge in [0.25, 0.3) is 0 Å². The van der Waals surface area contributed by atoms with Crippen LogP contribution >= 0.6 is 0 Å². The zero-order valence-electron chi connectivity index (χ0n) is 7.33. The van der Waals surface area contributed by atoms with Crippen molar-refractivity contribution in [1.29, 1.82) is 0 Å². The van der Waals surface area contributed by atoms with Crippen LogP contribution in [-0.2, 0) is 13.5 Å². The third-order valence-electron chi connectivity index (χ3n) is 1.63. The largest absolute Gasteiger partial charge is 0.328 e. The van der Waals surface area contributed by atoms with Gasteiger partial charge in [0.1, 0.15) is 0 Å². The second-order valence-electron chi connectivity index (χ2n) is 3.11. The van der Waals surface area contributed by atoms with Crippen molar-refractivity contribution in [2.24, 2.45) is 12.8 Å². The summed E-state index contributed by atoms with van der Waals surface area (Å²) in [5.41, 5.74) is 7.99. The topological polar surface area (TPSA) is 43.8 Å². The highest BCUT2D eigenvalue weighted by atomic mass is 15.2. The van der Waals surface area contributed by atoms with E-state index in [-0.39, 0.29) is 6.04 Å².